The first kappa shape index (κ1) is 13.1. The van der Waals surface area contributed by atoms with Gasteiger partial charge in [0.05, 0.1) is 5.69 Å². The summed E-state index contributed by atoms with van der Waals surface area (Å²) in [5.74, 6) is -1.52. The number of nitrogens with one attached hydrogen (secondary N) is 2. The van der Waals surface area contributed by atoms with Gasteiger partial charge in [-0.1, -0.05) is 0 Å². The third kappa shape index (κ3) is 2.91. The highest BCUT2D eigenvalue weighted by Crippen LogP contribution is 2.21. The third-order valence-electron chi connectivity index (χ3n) is 2.27. The predicted octanol–water partition coefficient (Wildman–Crippen LogP) is 1.02. The Morgan fingerprint density at radius 3 is 2.53 bits per heavy atom. The molecular weight excluding hydrogens is 275 g/mol. The van der Waals surface area contributed by atoms with Crippen molar-refractivity contribution in [3.63, 3.8) is 0 Å². The van der Waals surface area contributed by atoms with Crippen LogP contribution < -0.4 is 10.3 Å². The van der Waals surface area contributed by atoms with Gasteiger partial charge in [0.15, 0.2) is 11.6 Å². The summed E-state index contributed by atoms with van der Waals surface area (Å²) in [5.41, 5.74) is -0.476. The van der Waals surface area contributed by atoms with Crippen molar-refractivity contribution in [3.8, 4) is 5.75 Å². The van der Waals surface area contributed by atoms with Crippen molar-refractivity contribution in [2.75, 3.05) is 4.72 Å². The van der Waals surface area contributed by atoms with Crippen molar-refractivity contribution in [2.24, 2.45) is 0 Å². The van der Waals surface area contributed by atoms with E-state index in [-0.39, 0.29) is 10.6 Å². The maximum Gasteiger partial charge on any atom is 0.263 e. The quantitative estimate of drug-likeness (QED) is 0.733. The van der Waals surface area contributed by atoms with Crippen LogP contribution in [0.3, 0.4) is 0 Å². The summed E-state index contributed by atoms with van der Waals surface area (Å²) in [6.45, 7) is 0. The van der Waals surface area contributed by atoms with Crippen molar-refractivity contribution in [1.29, 1.82) is 0 Å². The minimum absolute atomic E-state index is 0.0403. The molecule has 0 spiro atoms. The first-order valence-corrected chi connectivity index (χ1v) is 6.57. The Morgan fingerprint density at radius 1 is 1.21 bits per heavy atom. The van der Waals surface area contributed by atoms with Crippen LogP contribution in [0.2, 0.25) is 0 Å². The van der Waals surface area contributed by atoms with Gasteiger partial charge in [-0.15, -0.1) is 0 Å². The summed E-state index contributed by atoms with van der Waals surface area (Å²) in [6.07, 6.45) is 1.03. The minimum atomic E-state index is -3.93. The van der Waals surface area contributed by atoms with Gasteiger partial charge >= 0.3 is 0 Å². The van der Waals surface area contributed by atoms with Crippen molar-refractivity contribution in [2.45, 2.75) is 4.90 Å². The van der Waals surface area contributed by atoms with E-state index in [0.717, 1.165) is 30.5 Å². The van der Waals surface area contributed by atoms with Gasteiger partial charge in [-0.3, -0.25) is 9.52 Å². The van der Waals surface area contributed by atoms with Crippen LogP contribution in [0.25, 0.3) is 0 Å². The molecule has 0 aliphatic carbocycles. The van der Waals surface area contributed by atoms with Gasteiger partial charge in [0, 0.05) is 18.3 Å². The molecule has 2 aromatic rings. The van der Waals surface area contributed by atoms with E-state index in [9.17, 15) is 17.6 Å². The Kier molecular flexibility index (Phi) is 3.26. The van der Waals surface area contributed by atoms with E-state index in [1.807, 2.05) is 0 Å². The van der Waals surface area contributed by atoms with Gasteiger partial charge < -0.3 is 10.1 Å². The SMILES string of the molecule is O=c1ccc(S(=O)(=O)Nc2ccc(O)c(F)c2)c[nH]1. The third-order valence-corrected chi connectivity index (χ3v) is 3.64. The fourth-order valence-electron chi connectivity index (χ4n) is 1.35. The van der Waals surface area contributed by atoms with E-state index in [0.29, 0.717) is 0 Å². The Morgan fingerprint density at radius 2 is 1.95 bits per heavy atom. The lowest BCUT2D eigenvalue weighted by Crippen LogP contribution is -2.15. The van der Waals surface area contributed by atoms with E-state index in [1.165, 1.54) is 6.07 Å². The van der Waals surface area contributed by atoms with Crippen LogP contribution in [0.5, 0.6) is 5.75 Å². The van der Waals surface area contributed by atoms with Gasteiger partial charge in [-0.05, 0) is 18.2 Å². The van der Waals surface area contributed by atoms with Gasteiger partial charge in [0.1, 0.15) is 4.90 Å². The fraction of sp³-hybridized carbons (Fsp3) is 0. The highest BCUT2D eigenvalue weighted by Gasteiger charge is 2.15. The smallest absolute Gasteiger partial charge is 0.263 e. The monoisotopic (exact) mass is 284 g/mol. The zero-order valence-corrected chi connectivity index (χ0v) is 10.2. The second-order valence-corrected chi connectivity index (χ2v) is 5.34. The maximum atomic E-state index is 13.1. The maximum absolute atomic E-state index is 13.1. The molecule has 2 rings (SSSR count). The summed E-state index contributed by atoms with van der Waals surface area (Å²) in [5, 5.41) is 9.00. The molecule has 0 atom stereocenters. The van der Waals surface area contributed by atoms with Crippen LogP contribution in [0, 0.1) is 5.82 Å². The number of pyridine rings is 1. The lowest BCUT2D eigenvalue weighted by atomic mass is 10.3. The number of hydrogen-bond donors (Lipinski definition) is 3. The summed E-state index contributed by atoms with van der Waals surface area (Å²) >= 11 is 0. The van der Waals surface area contributed by atoms with Gasteiger partial charge in [-0.25, -0.2) is 12.8 Å². The molecule has 1 aromatic heterocycles. The standard InChI is InChI=1S/C11H9FN2O4S/c12-9-5-7(1-3-10(9)15)14-19(17,18)8-2-4-11(16)13-6-8/h1-6,14-15H,(H,13,16). The summed E-state index contributed by atoms with van der Waals surface area (Å²) in [4.78, 5) is 12.9. The highest BCUT2D eigenvalue weighted by molar-refractivity contribution is 7.92. The number of aromatic nitrogens is 1. The van der Waals surface area contributed by atoms with E-state index in [1.54, 1.807) is 0 Å². The molecule has 0 unspecified atom stereocenters. The number of halogens is 1. The highest BCUT2D eigenvalue weighted by atomic mass is 32.2. The molecule has 3 N–H and O–H groups in total. The topological polar surface area (TPSA) is 99.3 Å². The van der Waals surface area contributed by atoms with Crippen LogP contribution in [0.4, 0.5) is 10.1 Å². The summed E-state index contributed by atoms with van der Waals surface area (Å²) in [6, 6.07) is 5.27. The number of anilines is 1. The Balaban J connectivity index is 2.33. The molecule has 1 heterocycles. The number of phenols is 1. The summed E-state index contributed by atoms with van der Waals surface area (Å²) in [7, 11) is -3.93. The second kappa shape index (κ2) is 4.73. The molecule has 6 nitrogen and oxygen atoms in total. The van der Waals surface area contributed by atoms with E-state index >= 15 is 0 Å². The van der Waals surface area contributed by atoms with Crippen molar-refractivity contribution in [1.82, 2.24) is 4.98 Å². The molecule has 1 aromatic carbocycles. The number of hydrogen-bond acceptors (Lipinski definition) is 4. The Bertz CT molecular complexity index is 750. The van der Waals surface area contributed by atoms with Crippen molar-refractivity contribution >= 4 is 15.7 Å². The van der Waals surface area contributed by atoms with Gasteiger partial charge in [0.2, 0.25) is 5.56 Å². The lowest BCUT2D eigenvalue weighted by Gasteiger charge is -2.08. The number of phenolic OH excluding ortho intramolecular Hbond substituents is 1. The number of aromatic amines is 1. The van der Waals surface area contributed by atoms with Crippen LogP contribution in [-0.4, -0.2) is 18.5 Å². The molecule has 8 heteroatoms. The molecule has 0 bridgehead atoms. The first-order valence-electron chi connectivity index (χ1n) is 5.08. The minimum Gasteiger partial charge on any atom is -0.505 e. The van der Waals surface area contributed by atoms with Crippen LogP contribution in [0.15, 0.2) is 46.2 Å². The molecule has 0 fully saturated rings. The number of rotatable bonds is 3. The van der Waals surface area contributed by atoms with Crippen molar-refractivity contribution in [3.05, 3.63) is 52.7 Å². The molecule has 0 saturated heterocycles. The Labute approximate surface area is 107 Å². The van der Waals surface area contributed by atoms with Crippen LogP contribution >= 0.6 is 0 Å². The summed E-state index contributed by atoms with van der Waals surface area (Å²) < 4.78 is 39.0. The molecule has 0 aliphatic heterocycles. The lowest BCUT2D eigenvalue weighted by molar-refractivity contribution is 0.432. The number of H-pyrrole nitrogens is 1. The van der Waals surface area contributed by atoms with E-state index < -0.39 is 27.1 Å². The van der Waals surface area contributed by atoms with Crippen molar-refractivity contribution < 1.29 is 17.9 Å². The molecule has 0 amide bonds. The molecule has 19 heavy (non-hydrogen) atoms. The van der Waals surface area contributed by atoms with Gasteiger partial charge in [0.25, 0.3) is 10.0 Å². The van der Waals surface area contributed by atoms with E-state index in [4.69, 9.17) is 5.11 Å². The second-order valence-electron chi connectivity index (χ2n) is 3.66. The molecule has 0 radical (unpaired) electrons. The first-order chi connectivity index (χ1) is 8.88. The molecule has 0 saturated carbocycles. The van der Waals surface area contributed by atoms with Crippen LogP contribution in [-0.2, 0) is 10.0 Å². The number of aromatic hydroxyl groups is 1. The van der Waals surface area contributed by atoms with E-state index in [2.05, 4.69) is 9.71 Å². The zero-order valence-electron chi connectivity index (χ0n) is 9.42. The normalized spacial score (nSPS) is 11.2. The average molecular weight is 284 g/mol. The molecular formula is C11H9FN2O4S. The zero-order chi connectivity index (χ0) is 14.0. The molecule has 0 aliphatic rings. The number of sulfonamides is 1. The number of benzene rings is 1. The van der Waals surface area contributed by atoms with Crippen LogP contribution in [0.1, 0.15) is 0 Å². The largest absolute Gasteiger partial charge is 0.505 e. The van der Waals surface area contributed by atoms with Gasteiger partial charge in [-0.2, -0.15) is 0 Å². The molecule has 100 valence electrons. The Hall–Kier alpha value is -2.35. The predicted molar refractivity (Wildman–Crippen MR) is 65.9 cm³/mol. The average Bonchev–Trinajstić information content (AvgIpc) is 2.34. The fourth-order valence-corrected chi connectivity index (χ4v) is 2.36.